The van der Waals surface area contributed by atoms with Crippen LogP contribution in [0, 0.1) is 13.8 Å². The predicted molar refractivity (Wildman–Crippen MR) is 148 cm³/mol. The molecule has 0 saturated carbocycles. The van der Waals surface area contributed by atoms with E-state index in [0.29, 0.717) is 24.8 Å². The molecule has 0 bridgehead atoms. The molecule has 0 fully saturated rings. The zero-order valence-electron chi connectivity index (χ0n) is 22.5. The van der Waals surface area contributed by atoms with Crippen molar-refractivity contribution in [1.82, 2.24) is 10.3 Å². The van der Waals surface area contributed by atoms with E-state index < -0.39 is 18.1 Å². The monoisotopic (exact) mass is 513 g/mol. The number of aromatic nitrogens is 1. The SMILES string of the molecule is CCCC(C(=O)NC(CC(=O)OC)c1cncc(-c2c(C)cccc2C)c1)N1C(=O)CCc2ccccc21. The maximum Gasteiger partial charge on any atom is 0.307 e. The molecular weight excluding hydrogens is 478 g/mol. The molecule has 7 heteroatoms. The van der Waals surface area contributed by atoms with Crippen LogP contribution in [0.1, 0.15) is 60.9 Å². The average Bonchev–Trinajstić information content (AvgIpc) is 2.91. The molecule has 2 heterocycles. The molecule has 38 heavy (non-hydrogen) atoms. The molecule has 7 nitrogen and oxygen atoms in total. The van der Waals surface area contributed by atoms with Crippen LogP contribution in [-0.4, -0.2) is 35.9 Å². The van der Waals surface area contributed by atoms with E-state index >= 15 is 0 Å². The van der Waals surface area contributed by atoms with E-state index in [0.717, 1.165) is 39.9 Å². The summed E-state index contributed by atoms with van der Waals surface area (Å²) in [5.74, 6) is -0.817. The second-order valence-corrected chi connectivity index (χ2v) is 9.81. The highest BCUT2D eigenvalue weighted by molar-refractivity contribution is 6.03. The number of rotatable bonds is 9. The summed E-state index contributed by atoms with van der Waals surface area (Å²) in [6.45, 7) is 6.08. The largest absolute Gasteiger partial charge is 0.469 e. The summed E-state index contributed by atoms with van der Waals surface area (Å²) >= 11 is 0. The Balaban J connectivity index is 1.68. The number of hydrogen-bond acceptors (Lipinski definition) is 5. The summed E-state index contributed by atoms with van der Waals surface area (Å²) in [6, 6.07) is 14.4. The van der Waals surface area contributed by atoms with Gasteiger partial charge in [-0.3, -0.25) is 24.3 Å². The molecule has 0 radical (unpaired) electrons. The smallest absolute Gasteiger partial charge is 0.307 e. The normalized spacial score (nSPS) is 14.4. The van der Waals surface area contributed by atoms with Gasteiger partial charge in [-0.05, 0) is 66.6 Å². The number of carbonyl (C=O) groups excluding carboxylic acids is 3. The minimum absolute atomic E-state index is 0.0521. The maximum absolute atomic E-state index is 13.8. The Morgan fingerprint density at radius 1 is 1.05 bits per heavy atom. The number of methoxy groups -OCH3 is 1. The number of ether oxygens (including phenoxy) is 1. The first-order valence-electron chi connectivity index (χ1n) is 13.1. The Bertz CT molecular complexity index is 1320. The lowest BCUT2D eigenvalue weighted by atomic mass is 9.94. The average molecular weight is 514 g/mol. The minimum atomic E-state index is -0.691. The standard InChI is InChI=1S/C31H35N3O4/c1-5-9-27(34-26-13-7-6-12-22(26)14-15-28(34)35)31(37)33-25(17-29(36)38-4)23-16-24(19-32-18-23)30-20(2)10-8-11-21(30)3/h6-8,10-13,16,18-19,25,27H,5,9,14-15,17H2,1-4H3,(H,33,37). The number of benzene rings is 2. The Morgan fingerprint density at radius 3 is 2.50 bits per heavy atom. The summed E-state index contributed by atoms with van der Waals surface area (Å²) < 4.78 is 4.95. The van der Waals surface area contributed by atoms with Crippen LogP contribution in [0.3, 0.4) is 0 Å². The quantitative estimate of drug-likeness (QED) is 0.396. The molecule has 0 spiro atoms. The highest BCUT2D eigenvalue weighted by atomic mass is 16.5. The van der Waals surface area contributed by atoms with E-state index in [9.17, 15) is 14.4 Å². The van der Waals surface area contributed by atoms with Crippen molar-refractivity contribution in [2.45, 2.75) is 65.0 Å². The van der Waals surface area contributed by atoms with Crippen molar-refractivity contribution in [2.24, 2.45) is 0 Å². The van der Waals surface area contributed by atoms with Gasteiger partial charge >= 0.3 is 5.97 Å². The van der Waals surface area contributed by atoms with E-state index in [1.54, 1.807) is 17.3 Å². The van der Waals surface area contributed by atoms with Crippen LogP contribution in [-0.2, 0) is 25.5 Å². The molecular formula is C31H35N3O4. The lowest BCUT2D eigenvalue weighted by molar-refractivity contribution is -0.141. The van der Waals surface area contributed by atoms with Crippen LogP contribution < -0.4 is 10.2 Å². The number of anilines is 1. The first kappa shape index (κ1) is 27.0. The predicted octanol–water partition coefficient (Wildman–Crippen LogP) is 5.23. The molecule has 1 aromatic heterocycles. The molecule has 2 atom stereocenters. The van der Waals surface area contributed by atoms with Gasteiger partial charge in [-0.25, -0.2) is 0 Å². The van der Waals surface area contributed by atoms with Crippen LogP contribution in [0.25, 0.3) is 11.1 Å². The molecule has 198 valence electrons. The molecule has 0 saturated heterocycles. The zero-order chi connectivity index (χ0) is 27.2. The van der Waals surface area contributed by atoms with Crippen molar-refractivity contribution >= 4 is 23.5 Å². The van der Waals surface area contributed by atoms with E-state index in [1.807, 2.05) is 69.3 Å². The fraction of sp³-hybridized carbons (Fsp3) is 0.355. The van der Waals surface area contributed by atoms with Crippen molar-refractivity contribution in [3.8, 4) is 11.1 Å². The zero-order valence-corrected chi connectivity index (χ0v) is 22.5. The number of hydrogen-bond donors (Lipinski definition) is 1. The highest BCUT2D eigenvalue weighted by Crippen LogP contribution is 2.32. The van der Waals surface area contributed by atoms with Gasteiger partial charge in [0.15, 0.2) is 0 Å². The third-order valence-corrected chi connectivity index (χ3v) is 7.15. The summed E-state index contributed by atoms with van der Waals surface area (Å²) in [7, 11) is 1.33. The third kappa shape index (κ3) is 5.77. The number of pyridine rings is 1. The van der Waals surface area contributed by atoms with E-state index in [1.165, 1.54) is 7.11 Å². The molecule has 2 amide bonds. The van der Waals surface area contributed by atoms with E-state index in [2.05, 4.69) is 10.3 Å². The molecule has 3 aromatic rings. The molecule has 4 rings (SSSR count). The Kier molecular flexibility index (Phi) is 8.56. The molecule has 0 aliphatic carbocycles. The number of carbonyl (C=O) groups is 3. The second kappa shape index (κ2) is 12.0. The molecule has 2 aromatic carbocycles. The fourth-order valence-electron chi connectivity index (χ4n) is 5.27. The summed E-state index contributed by atoms with van der Waals surface area (Å²) in [5.41, 5.74) is 6.74. The van der Waals surface area contributed by atoms with Gasteiger partial charge in [-0.1, -0.05) is 49.7 Å². The molecule has 2 unspecified atom stereocenters. The van der Waals surface area contributed by atoms with Gasteiger partial charge in [0.05, 0.1) is 19.6 Å². The second-order valence-electron chi connectivity index (χ2n) is 9.81. The van der Waals surface area contributed by atoms with Gasteiger partial charge in [-0.2, -0.15) is 0 Å². The van der Waals surface area contributed by atoms with Gasteiger partial charge in [0, 0.05) is 30.1 Å². The number of fused-ring (bicyclic) bond motifs is 1. The molecule has 1 aliphatic rings. The first-order chi connectivity index (χ1) is 18.3. The van der Waals surface area contributed by atoms with Crippen LogP contribution >= 0.6 is 0 Å². The minimum Gasteiger partial charge on any atom is -0.469 e. The fourth-order valence-corrected chi connectivity index (χ4v) is 5.27. The Hall–Kier alpha value is -4.00. The number of nitrogens with zero attached hydrogens (tertiary/aromatic N) is 2. The lowest BCUT2D eigenvalue weighted by Gasteiger charge is -2.36. The van der Waals surface area contributed by atoms with Crippen LogP contribution in [0.15, 0.2) is 60.9 Å². The van der Waals surface area contributed by atoms with E-state index in [-0.39, 0.29) is 18.2 Å². The van der Waals surface area contributed by atoms with Crippen molar-refractivity contribution < 1.29 is 19.1 Å². The van der Waals surface area contributed by atoms with E-state index in [4.69, 9.17) is 4.74 Å². The molecule has 1 aliphatic heterocycles. The number of amides is 2. The van der Waals surface area contributed by atoms with Crippen LogP contribution in [0.4, 0.5) is 5.69 Å². The summed E-state index contributed by atoms with van der Waals surface area (Å²) in [5, 5.41) is 3.07. The molecule has 1 N–H and O–H groups in total. The van der Waals surface area contributed by atoms with Crippen LogP contribution in [0.5, 0.6) is 0 Å². The van der Waals surface area contributed by atoms with Gasteiger partial charge in [0.2, 0.25) is 11.8 Å². The van der Waals surface area contributed by atoms with Crippen molar-refractivity contribution in [3.05, 3.63) is 83.2 Å². The maximum atomic E-state index is 13.8. The van der Waals surface area contributed by atoms with Gasteiger partial charge in [0.25, 0.3) is 0 Å². The van der Waals surface area contributed by atoms with Gasteiger partial charge < -0.3 is 10.1 Å². The van der Waals surface area contributed by atoms with Gasteiger partial charge in [-0.15, -0.1) is 0 Å². The van der Waals surface area contributed by atoms with Crippen molar-refractivity contribution in [3.63, 3.8) is 0 Å². The van der Waals surface area contributed by atoms with Crippen molar-refractivity contribution in [2.75, 3.05) is 12.0 Å². The van der Waals surface area contributed by atoms with Gasteiger partial charge in [0.1, 0.15) is 6.04 Å². The number of para-hydroxylation sites is 1. The number of aryl methyl sites for hydroxylation is 3. The summed E-state index contributed by atoms with van der Waals surface area (Å²) in [4.78, 5) is 45.4. The van der Waals surface area contributed by atoms with Crippen LogP contribution in [0.2, 0.25) is 0 Å². The first-order valence-corrected chi connectivity index (χ1v) is 13.1. The Labute approximate surface area is 224 Å². The third-order valence-electron chi connectivity index (χ3n) is 7.15. The highest BCUT2D eigenvalue weighted by Gasteiger charge is 2.35. The summed E-state index contributed by atoms with van der Waals surface area (Å²) in [6.07, 6.45) is 5.64. The van der Waals surface area contributed by atoms with Crippen molar-refractivity contribution in [1.29, 1.82) is 0 Å². The number of esters is 1. The number of nitrogens with one attached hydrogen (secondary N) is 1. The lowest BCUT2D eigenvalue weighted by Crippen LogP contribution is -2.52. The Morgan fingerprint density at radius 2 is 1.79 bits per heavy atom. The topological polar surface area (TPSA) is 88.6 Å².